The van der Waals surface area contributed by atoms with Gasteiger partial charge in [0, 0.05) is 23.3 Å². The van der Waals surface area contributed by atoms with Crippen LogP contribution in [0.4, 0.5) is 5.69 Å². The van der Waals surface area contributed by atoms with Crippen LogP contribution in [0.3, 0.4) is 0 Å². The van der Waals surface area contributed by atoms with E-state index in [2.05, 4.69) is 25.3 Å². The molecule has 1 saturated heterocycles. The van der Waals surface area contributed by atoms with Crippen molar-refractivity contribution in [2.24, 2.45) is 5.92 Å². The van der Waals surface area contributed by atoms with Crippen molar-refractivity contribution < 1.29 is 9.32 Å². The lowest BCUT2D eigenvalue weighted by Gasteiger charge is -2.30. The molecule has 1 aliphatic rings. The summed E-state index contributed by atoms with van der Waals surface area (Å²) in [5, 5.41) is 7.97. The molecule has 9 heteroatoms. The van der Waals surface area contributed by atoms with Gasteiger partial charge in [0.25, 0.3) is 0 Å². The van der Waals surface area contributed by atoms with Gasteiger partial charge in [-0.25, -0.2) is 0 Å². The largest absolute Gasteiger partial charge is 0.338 e. The molecule has 29 heavy (non-hydrogen) atoms. The molecule has 2 aromatic heterocycles. The van der Waals surface area contributed by atoms with Crippen molar-refractivity contribution in [3.8, 4) is 11.4 Å². The molecule has 7 nitrogen and oxygen atoms in total. The van der Waals surface area contributed by atoms with Crippen LogP contribution in [0.5, 0.6) is 0 Å². The van der Waals surface area contributed by atoms with Crippen LogP contribution < -0.4 is 5.32 Å². The number of benzene rings is 1. The van der Waals surface area contributed by atoms with E-state index in [0.717, 1.165) is 19.4 Å². The Bertz CT molecular complexity index is 996. The van der Waals surface area contributed by atoms with E-state index in [1.165, 1.54) is 0 Å². The molecule has 0 saturated carbocycles. The maximum atomic E-state index is 12.6. The molecule has 0 aliphatic carbocycles. The predicted molar refractivity (Wildman–Crippen MR) is 111 cm³/mol. The predicted octanol–water partition coefficient (Wildman–Crippen LogP) is 4.29. The van der Waals surface area contributed by atoms with Gasteiger partial charge in [-0.3, -0.25) is 14.7 Å². The molecule has 1 aromatic carbocycles. The Morgan fingerprint density at radius 3 is 3.00 bits per heavy atom. The summed E-state index contributed by atoms with van der Waals surface area (Å²) in [5.41, 5.74) is 1.37. The minimum absolute atomic E-state index is 0.00173. The smallest absolute Gasteiger partial charge is 0.241 e. The number of hydrogen-bond acceptors (Lipinski definition) is 6. The van der Waals surface area contributed by atoms with Crippen molar-refractivity contribution in [2.45, 2.75) is 19.4 Å². The fraction of sp³-hybridized carbons (Fsp3) is 0.300. The number of piperidine rings is 1. The van der Waals surface area contributed by atoms with E-state index in [0.29, 0.717) is 46.1 Å². The second-order valence-electron chi connectivity index (χ2n) is 6.94. The molecule has 3 aromatic rings. The third kappa shape index (κ3) is 4.93. The molecule has 3 heterocycles. The van der Waals surface area contributed by atoms with E-state index in [1.807, 2.05) is 6.07 Å². The molecule has 1 unspecified atom stereocenters. The number of amides is 1. The lowest BCUT2D eigenvalue weighted by atomic mass is 9.97. The number of hydrogen-bond donors (Lipinski definition) is 1. The molecule has 4 rings (SSSR count). The number of nitrogens with zero attached hydrogens (tertiary/aromatic N) is 4. The van der Waals surface area contributed by atoms with Crippen molar-refractivity contribution in [1.29, 1.82) is 0 Å². The van der Waals surface area contributed by atoms with Gasteiger partial charge < -0.3 is 9.84 Å². The second kappa shape index (κ2) is 8.90. The van der Waals surface area contributed by atoms with Crippen LogP contribution >= 0.6 is 23.2 Å². The Hall–Kier alpha value is -2.48. The van der Waals surface area contributed by atoms with E-state index in [1.54, 1.807) is 36.7 Å². The number of rotatable bonds is 5. The van der Waals surface area contributed by atoms with Crippen molar-refractivity contribution in [1.82, 2.24) is 20.0 Å². The summed E-state index contributed by atoms with van der Waals surface area (Å²) < 4.78 is 5.40. The molecular weight excluding hydrogens is 413 g/mol. The highest BCUT2D eigenvalue weighted by atomic mass is 35.5. The number of carbonyl (C=O) groups is 1. The molecule has 1 atom stereocenters. The van der Waals surface area contributed by atoms with Gasteiger partial charge in [-0.05, 0) is 49.7 Å². The molecule has 150 valence electrons. The Kier molecular flexibility index (Phi) is 6.08. The van der Waals surface area contributed by atoms with E-state index in [4.69, 9.17) is 27.7 Å². The van der Waals surface area contributed by atoms with Gasteiger partial charge in [-0.1, -0.05) is 28.4 Å². The van der Waals surface area contributed by atoms with Crippen LogP contribution in [-0.4, -0.2) is 39.0 Å². The van der Waals surface area contributed by atoms with Crippen molar-refractivity contribution >= 4 is 34.8 Å². The molecule has 1 aliphatic heterocycles. The van der Waals surface area contributed by atoms with Crippen LogP contribution in [0, 0.1) is 5.92 Å². The molecule has 0 spiro atoms. The molecule has 1 N–H and O–H groups in total. The lowest BCUT2D eigenvalue weighted by molar-refractivity contribution is -0.121. The number of nitrogens with one attached hydrogen (secondary N) is 1. The van der Waals surface area contributed by atoms with E-state index < -0.39 is 0 Å². The van der Waals surface area contributed by atoms with Crippen LogP contribution in [0.2, 0.25) is 10.0 Å². The van der Waals surface area contributed by atoms with Crippen molar-refractivity contribution in [3.63, 3.8) is 0 Å². The summed E-state index contributed by atoms with van der Waals surface area (Å²) >= 11 is 12.2. The summed E-state index contributed by atoms with van der Waals surface area (Å²) in [6.45, 7) is 1.98. The Balaban J connectivity index is 1.38. The quantitative estimate of drug-likeness (QED) is 0.648. The standard InChI is InChI=1S/C20H19Cl2N5O2/c21-14-5-6-16(17(22)9-14)19-25-18(29-26-19)12-27-8-2-3-13(11-27)20(28)24-15-4-1-7-23-10-15/h1,4-7,9-10,13H,2-3,8,11-12H2,(H,24,28). The third-order valence-corrected chi connectivity index (χ3v) is 5.35. The summed E-state index contributed by atoms with van der Waals surface area (Å²) in [4.78, 5) is 23.2. The maximum Gasteiger partial charge on any atom is 0.241 e. The SMILES string of the molecule is O=C(Nc1cccnc1)C1CCCN(Cc2nc(-c3ccc(Cl)cc3Cl)no2)C1. The summed E-state index contributed by atoms with van der Waals surface area (Å²) in [6, 6.07) is 8.76. The Labute approximate surface area is 178 Å². The second-order valence-corrected chi connectivity index (χ2v) is 7.78. The van der Waals surface area contributed by atoms with Gasteiger partial charge in [-0.15, -0.1) is 0 Å². The Morgan fingerprint density at radius 1 is 1.31 bits per heavy atom. The van der Waals surface area contributed by atoms with Gasteiger partial charge in [0.1, 0.15) is 0 Å². The van der Waals surface area contributed by atoms with Crippen molar-refractivity contribution in [3.05, 3.63) is 58.7 Å². The molecule has 0 radical (unpaired) electrons. The highest BCUT2D eigenvalue weighted by Gasteiger charge is 2.27. The normalized spacial score (nSPS) is 17.2. The fourth-order valence-electron chi connectivity index (χ4n) is 3.38. The number of anilines is 1. The van der Waals surface area contributed by atoms with Crippen LogP contribution in [0.1, 0.15) is 18.7 Å². The molecule has 0 bridgehead atoms. The number of pyridine rings is 1. The van der Waals surface area contributed by atoms with E-state index in [9.17, 15) is 4.79 Å². The summed E-state index contributed by atoms with van der Waals surface area (Å²) in [7, 11) is 0. The first kappa shape index (κ1) is 19.8. The van der Waals surface area contributed by atoms with Gasteiger partial charge in [0.2, 0.25) is 17.6 Å². The minimum Gasteiger partial charge on any atom is -0.338 e. The van der Waals surface area contributed by atoms with Crippen LogP contribution in [0.15, 0.2) is 47.2 Å². The van der Waals surface area contributed by atoms with Gasteiger partial charge in [0.05, 0.1) is 29.4 Å². The summed E-state index contributed by atoms with van der Waals surface area (Å²) in [5.74, 6) is 0.808. The number of likely N-dealkylation sites (tertiary alicyclic amines) is 1. The topological polar surface area (TPSA) is 84.2 Å². The zero-order valence-corrected chi connectivity index (χ0v) is 17.0. The monoisotopic (exact) mass is 431 g/mol. The molecular formula is C20H19Cl2N5O2. The fourth-order valence-corrected chi connectivity index (χ4v) is 3.88. The minimum atomic E-state index is -0.0999. The number of carbonyl (C=O) groups excluding carboxylic acids is 1. The van der Waals surface area contributed by atoms with Gasteiger partial charge in [0.15, 0.2) is 0 Å². The molecule has 1 fully saturated rings. The average molecular weight is 432 g/mol. The average Bonchev–Trinajstić information content (AvgIpc) is 3.17. The van der Waals surface area contributed by atoms with Gasteiger partial charge >= 0.3 is 0 Å². The Morgan fingerprint density at radius 2 is 2.21 bits per heavy atom. The van der Waals surface area contributed by atoms with Crippen LogP contribution in [-0.2, 0) is 11.3 Å². The number of halogens is 2. The van der Waals surface area contributed by atoms with Crippen molar-refractivity contribution in [2.75, 3.05) is 18.4 Å². The summed E-state index contributed by atoms with van der Waals surface area (Å²) in [6.07, 6.45) is 5.08. The van der Waals surface area contributed by atoms with Crippen LogP contribution in [0.25, 0.3) is 11.4 Å². The van der Waals surface area contributed by atoms with E-state index in [-0.39, 0.29) is 11.8 Å². The zero-order chi connectivity index (χ0) is 20.2. The maximum absolute atomic E-state index is 12.6. The third-order valence-electron chi connectivity index (χ3n) is 4.80. The highest BCUT2D eigenvalue weighted by Crippen LogP contribution is 2.29. The molecule has 1 amide bonds. The lowest BCUT2D eigenvalue weighted by Crippen LogP contribution is -2.40. The first-order chi connectivity index (χ1) is 14.1. The van der Waals surface area contributed by atoms with Gasteiger partial charge in [-0.2, -0.15) is 4.98 Å². The zero-order valence-electron chi connectivity index (χ0n) is 15.5. The highest BCUT2D eigenvalue weighted by molar-refractivity contribution is 6.36. The first-order valence-electron chi connectivity index (χ1n) is 9.30. The van der Waals surface area contributed by atoms with E-state index >= 15 is 0 Å². The first-order valence-corrected chi connectivity index (χ1v) is 10.1. The number of aromatic nitrogens is 3.